The molecule has 3 saturated heterocycles. The lowest BCUT2D eigenvalue weighted by Crippen LogP contribution is -2.54. The van der Waals surface area contributed by atoms with Crippen LogP contribution in [0.3, 0.4) is 0 Å². The van der Waals surface area contributed by atoms with Crippen molar-refractivity contribution in [3.05, 3.63) is 0 Å². The fourth-order valence-electron chi connectivity index (χ4n) is 4.35. The normalized spacial score (nSPS) is 30.3. The quantitative estimate of drug-likeness (QED) is 0.821. The van der Waals surface area contributed by atoms with Crippen molar-refractivity contribution >= 4 is 5.91 Å². The fraction of sp³-hybridized carbons (Fsp3) is 0.941. The van der Waals surface area contributed by atoms with Crippen molar-refractivity contribution in [2.75, 3.05) is 39.3 Å². The molecule has 22 heavy (non-hydrogen) atoms. The Labute approximate surface area is 134 Å². The summed E-state index contributed by atoms with van der Waals surface area (Å²) < 4.78 is 6.20. The van der Waals surface area contributed by atoms with Crippen LogP contribution in [0.2, 0.25) is 0 Å². The number of rotatable bonds is 3. The van der Waals surface area contributed by atoms with Crippen LogP contribution < -0.4 is 10.6 Å². The Hall–Kier alpha value is -0.650. The summed E-state index contributed by atoms with van der Waals surface area (Å²) in [5, 5.41) is 6.42. The molecular formula is C17H31N3O2. The second-order valence-electron chi connectivity index (χ2n) is 7.34. The largest absolute Gasteiger partial charge is 0.375 e. The van der Waals surface area contributed by atoms with Gasteiger partial charge in [-0.25, -0.2) is 0 Å². The van der Waals surface area contributed by atoms with Gasteiger partial charge in [-0.1, -0.05) is 0 Å². The molecular weight excluding hydrogens is 278 g/mol. The van der Waals surface area contributed by atoms with Crippen molar-refractivity contribution in [3.63, 3.8) is 0 Å². The van der Waals surface area contributed by atoms with Gasteiger partial charge in [0, 0.05) is 26.1 Å². The highest BCUT2D eigenvalue weighted by atomic mass is 16.5. The molecule has 0 aromatic heterocycles. The second kappa shape index (κ2) is 7.28. The molecule has 5 nitrogen and oxygen atoms in total. The maximum absolute atomic E-state index is 11.0. The van der Waals surface area contributed by atoms with Gasteiger partial charge in [-0.3, -0.25) is 4.79 Å². The van der Waals surface area contributed by atoms with E-state index in [1.807, 2.05) is 0 Å². The summed E-state index contributed by atoms with van der Waals surface area (Å²) >= 11 is 0. The lowest BCUT2D eigenvalue weighted by Gasteiger charge is -2.48. The molecule has 1 spiro atoms. The van der Waals surface area contributed by atoms with Gasteiger partial charge in [-0.05, 0) is 70.6 Å². The smallest absolute Gasteiger partial charge is 0.216 e. The van der Waals surface area contributed by atoms with Crippen LogP contribution in [-0.4, -0.2) is 61.8 Å². The molecule has 0 bridgehead atoms. The number of carbonyl (C=O) groups is 1. The van der Waals surface area contributed by atoms with Gasteiger partial charge in [-0.2, -0.15) is 0 Å². The van der Waals surface area contributed by atoms with Gasteiger partial charge in [0.25, 0.3) is 0 Å². The van der Waals surface area contributed by atoms with Gasteiger partial charge in [-0.15, -0.1) is 0 Å². The minimum Gasteiger partial charge on any atom is -0.375 e. The predicted molar refractivity (Wildman–Crippen MR) is 86.8 cm³/mol. The van der Waals surface area contributed by atoms with E-state index in [0.29, 0.717) is 12.0 Å². The first kappa shape index (κ1) is 16.2. The van der Waals surface area contributed by atoms with Gasteiger partial charge in [0.1, 0.15) is 0 Å². The summed E-state index contributed by atoms with van der Waals surface area (Å²) in [6.07, 6.45) is 7.17. The van der Waals surface area contributed by atoms with Gasteiger partial charge in [0.05, 0.1) is 5.60 Å². The van der Waals surface area contributed by atoms with Gasteiger partial charge < -0.3 is 20.3 Å². The standard InChI is InChI=1S/C17H31N3O2/c1-14(21)19-13-15-2-9-20(10-3-15)16-4-11-22-17(12-16)5-7-18-8-6-17/h15-16,18H,2-13H2,1H3,(H,19,21). The van der Waals surface area contributed by atoms with E-state index < -0.39 is 0 Å². The van der Waals surface area contributed by atoms with E-state index in [1.165, 1.54) is 51.6 Å². The molecule has 5 heteroatoms. The molecule has 3 heterocycles. The third-order valence-electron chi connectivity index (χ3n) is 5.79. The third-order valence-corrected chi connectivity index (χ3v) is 5.79. The Morgan fingerprint density at radius 1 is 1.27 bits per heavy atom. The average molecular weight is 309 g/mol. The van der Waals surface area contributed by atoms with Gasteiger partial charge >= 0.3 is 0 Å². The van der Waals surface area contributed by atoms with E-state index in [2.05, 4.69) is 15.5 Å². The van der Waals surface area contributed by atoms with E-state index in [-0.39, 0.29) is 11.5 Å². The Morgan fingerprint density at radius 3 is 2.68 bits per heavy atom. The summed E-state index contributed by atoms with van der Waals surface area (Å²) in [5.74, 6) is 0.757. The van der Waals surface area contributed by atoms with Crippen LogP contribution in [-0.2, 0) is 9.53 Å². The van der Waals surface area contributed by atoms with E-state index in [0.717, 1.165) is 26.2 Å². The monoisotopic (exact) mass is 309 g/mol. The second-order valence-corrected chi connectivity index (χ2v) is 7.34. The Kier molecular flexibility index (Phi) is 5.37. The van der Waals surface area contributed by atoms with Crippen LogP contribution in [0.25, 0.3) is 0 Å². The molecule has 0 aromatic rings. The average Bonchev–Trinajstić information content (AvgIpc) is 2.54. The van der Waals surface area contributed by atoms with Crippen LogP contribution in [0.5, 0.6) is 0 Å². The summed E-state index contributed by atoms with van der Waals surface area (Å²) in [4.78, 5) is 13.7. The SMILES string of the molecule is CC(=O)NCC1CCN(C2CCOC3(CCNCC3)C2)CC1. The number of likely N-dealkylation sites (tertiary alicyclic amines) is 1. The highest BCUT2D eigenvalue weighted by Crippen LogP contribution is 2.36. The third kappa shape index (κ3) is 4.00. The van der Waals surface area contributed by atoms with Crippen LogP contribution in [0.15, 0.2) is 0 Å². The minimum atomic E-state index is 0.0970. The molecule has 0 aliphatic carbocycles. The van der Waals surface area contributed by atoms with E-state index >= 15 is 0 Å². The highest BCUT2D eigenvalue weighted by Gasteiger charge is 2.40. The number of carbonyl (C=O) groups excluding carboxylic acids is 1. The number of hydrogen-bond donors (Lipinski definition) is 2. The lowest BCUT2D eigenvalue weighted by molar-refractivity contribution is -0.123. The van der Waals surface area contributed by atoms with Gasteiger partial charge in [0.15, 0.2) is 0 Å². The van der Waals surface area contributed by atoms with E-state index in [9.17, 15) is 4.79 Å². The lowest BCUT2D eigenvalue weighted by atomic mass is 9.81. The molecule has 1 amide bonds. The highest BCUT2D eigenvalue weighted by molar-refractivity contribution is 5.72. The molecule has 0 saturated carbocycles. The molecule has 1 atom stereocenters. The van der Waals surface area contributed by atoms with Crippen LogP contribution in [0, 0.1) is 5.92 Å². The van der Waals surface area contributed by atoms with Crippen molar-refractivity contribution in [1.29, 1.82) is 0 Å². The minimum absolute atomic E-state index is 0.0970. The Morgan fingerprint density at radius 2 is 2.00 bits per heavy atom. The number of piperidine rings is 2. The maximum Gasteiger partial charge on any atom is 0.216 e. The summed E-state index contributed by atoms with van der Waals surface area (Å²) in [6, 6.07) is 0.702. The summed E-state index contributed by atoms with van der Waals surface area (Å²) in [5.41, 5.74) is 0.154. The molecule has 3 fully saturated rings. The number of amides is 1. The number of ether oxygens (including phenoxy) is 1. The van der Waals surface area contributed by atoms with Crippen LogP contribution in [0.4, 0.5) is 0 Å². The molecule has 0 aromatic carbocycles. The topological polar surface area (TPSA) is 53.6 Å². The van der Waals surface area contributed by atoms with Crippen molar-refractivity contribution in [2.24, 2.45) is 5.92 Å². The molecule has 0 radical (unpaired) electrons. The summed E-state index contributed by atoms with van der Waals surface area (Å²) in [6.45, 7) is 7.96. The predicted octanol–water partition coefficient (Wildman–Crippen LogP) is 1.14. The fourth-order valence-corrected chi connectivity index (χ4v) is 4.35. The van der Waals surface area contributed by atoms with Crippen LogP contribution >= 0.6 is 0 Å². The first-order valence-electron chi connectivity index (χ1n) is 9.00. The molecule has 3 aliphatic heterocycles. The zero-order valence-corrected chi connectivity index (χ0v) is 13.9. The first-order valence-corrected chi connectivity index (χ1v) is 9.00. The zero-order valence-electron chi connectivity index (χ0n) is 13.9. The van der Waals surface area contributed by atoms with Crippen molar-refractivity contribution in [2.45, 2.75) is 57.1 Å². The van der Waals surface area contributed by atoms with E-state index in [1.54, 1.807) is 6.92 Å². The number of nitrogens with one attached hydrogen (secondary N) is 2. The molecule has 3 rings (SSSR count). The van der Waals surface area contributed by atoms with Crippen molar-refractivity contribution in [1.82, 2.24) is 15.5 Å². The zero-order chi connectivity index (χ0) is 15.4. The first-order chi connectivity index (χ1) is 10.7. The van der Waals surface area contributed by atoms with Crippen LogP contribution in [0.1, 0.15) is 45.4 Å². The maximum atomic E-state index is 11.0. The van der Waals surface area contributed by atoms with Crippen molar-refractivity contribution < 1.29 is 9.53 Å². The Bertz CT molecular complexity index is 369. The van der Waals surface area contributed by atoms with Crippen molar-refractivity contribution in [3.8, 4) is 0 Å². The van der Waals surface area contributed by atoms with Gasteiger partial charge in [0.2, 0.25) is 5.91 Å². The molecule has 1 unspecified atom stereocenters. The molecule has 126 valence electrons. The number of nitrogens with zero attached hydrogens (tertiary/aromatic N) is 1. The number of hydrogen-bond acceptors (Lipinski definition) is 4. The molecule has 3 aliphatic rings. The summed E-state index contributed by atoms with van der Waals surface area (Å²) in [7, 11) is 0. The van der Waals surface area contributed by atoms with E-state index in [4.69, 9.17) is 4.74 Å². The molecule has 2 N–H and O–H groups in total. The Balaban J connectivity index is 1.47.